The number of benzene rings is 2. The molecule has 3 aromatic rings. The van der Waals surface area contributed by atoms with Gasteiger partial charge in [0.1, 0.15) is 23.7 Å². The second kappa shape index (κ2) is 11.5. The zero-order valence-corrected chi connectivity index (χ0v) is 21.7. The lowest BCUT2D eigenvalue weighted by atomic mass is 9.93. The first kappa shape index (κ1) is 25.5. The number of aryl methyl sites for hydroxylation is 4. The molecule has 1 N–H and O–H groups in total. The van der Waals surface area contributed by atoms with Gasteiger partial charge in [0.25, 0.3) is 0 Å². The molecule has 0 radical (unpaired) electrons. The largest absolute Gasteiger partial charge is 0.494 e. The highest BCUT2D eigenvalue weighted by Gasteiger charge is 2.34. The number of hydrogen-bond acceptors (Lipinski definition) is 5. The van der Waals surface area contributed by atoms with Crippen LogP contribution in [0.5, 0.6) is 11.5 Å². The monoisotopic (exact) mass is 497 g/mol. The molecule has 0 aliphatic carbocycles. The highest BCUT2D eigenvalue weighted by atomic mass is 35.5. The van der Waals surface area contributed by atoms with Crippen LogP contribution in [-0.4, -0.2) is 51.7 Å². The van der Waals surface area contributed by atoms with E-state index in [0.717, 1.165) is 49.5 Å². The van der Waals surface area contributed by atoms with E-state index < -0.39 is 5.60 Å². The highest BCUT2D eigenvalue weighted by molar-refractivity contribution is 6.32. The molecule has 0 spiro atoms. The Morgan fingerprint density at radius 2 is 1.94 bits per heavy atom. The van der Waals surface area contributed by atoms with E-state index in [1.165, 1.54) is 11.3 Å². The summed E-state index contributed by atoms with van der Waals surface area (Å²) in [6, 6.07) is 16.0. The Balaban J connectivity index is 1.27. The van der Waals surface area contributed by atoms with Crippen LogP contribution in [0.4, 0.5) is 0 Å². The van der Waals surface area contributed by atoms with Crippen LogP contribution in [0.3, 0.4) is 0 Å². The van der Waals surface area contributed by atoms with E-state index in [4.69, 9.17) is 21.1 Å². The topological polar surface area (TPSA) is 59.8 Å². The third-order valence-corrected chi connectivity index (χ3v) is 6.72. The molecular weight excluding hydrogens is 462 g/mol. The molecule has 1 aliphatic rings. The summed E-state index contributed by atoms with van der Waals surface area (Å²) in [5.74, 6) is 1.50. The highest BCUT2D eigenvalue weighted by Crippen LogP contribution is 2.29. The molecule has 188 valence electrons. The predicted molar refractivity (Wildman–Crippen MR) is 139 cm³/mol. The molecule has 4 rings (SSSR count). The normalized spacial score (nSPS) is 18.5. The van der Waals surface area contributed by atoms with E-state index in [9.17, 15) is 5.11 Å². The molecule has 1 fully saturated rings. The predicted octanol–water partition coefficient (Wildman–Crippen LogP) is 5.34. The number of halogens is 1. The fourth-order valence-electron chi connectivity index (χ4n) is 4.69. The minimum absolute atomic E-state index is 0.227. The van der Waals surface area contributed by atoms with Crippen molar-refractivity contribution in [3.05, 3.63) is 76.1 Å². The van der Waals surface area contributed by atoms with Gasteiger partial charge in [-0.1, -0.05) is 29.8 Å². The molecule has 1 atom stereocenters. The van der Waals surface area contributed by atoms with Gasteiger partial charge in [0.05, 0.1) is 17.3 Å². The number of piperidine rings is 1. The summed E-state index contributed by atoms with van der Waals surface area (Å²) in [6.07, 6.45) is 2.53. The Morgan fingerprint density at radius 1 is 1.09 bits per heavy atom. The second-order valence-corrected chi connectivity index (χ2v) is 10.2. The Bertz CT molecular complexity index is 1130. The maximum Gasteiger partial charge on any atom is 0.138 e. The Hall–Kier alpha value is -2.54. The minimum Gasteiger partial charge on any atom is -0.494 e. The molecule has 2 heterocycles. The van der Waals surface area contributed by atoms with Crippen LogP contribution in [0.15, 0.2) is 48.5 Å². The first-order valence-corrected chi connectivity index (χ1v) is 12.7. The van der Waals surface area contributed by atoms with Crippen LogP contribution < -0.4 is 9.47 Å². The number of likely N-dealkylation sites (tertiary alicyclic amines) is 1. The van der Waals surface area contributed by atoms with Crippen molar-refractivity contribution in [3.63, 3.8) is 0 Å². The van der Waals surface area contributed by atoms with Crippen LogP contribution in [0.1, 0.15) is 41.8 Å². The van der Waals surface area contributed by atoms with Crippen molar-refractivity contribution in [2.24, 2.45) is 0 Å². The maximum atomic E-state index is 11.2. The number of aromatic nitrogens is 2. The molecule has 1 saturated heterocycles. The van der Waals surface area contributed by atoms with E-state index in [2.05, 4.69) is 35.1 Å². The van der Waals surface area contributed by atoms with Gasteiger partial charge in [-0.15, -0.1) is 0 Å². The average Bonchev–Trinajstić information content (AvgIpc) is 3.14. The van der Waals surface area contributed by atoms with E-state index in [-0.39, 0.29) is 6.61 Å². The molecule has 1 aliphatic heterocycles. The zero-order chi connectivity index (χ0) is 24.8. The zero-order valence-electron chi connectivity index (χ0n) is 21.0. The smallest absolute Gasteiger partial charge is 0.138 e. The van der Waals surface area contributed by atoms with E-state index in [1.807, 2.05) is 48.9 Å². The van der Waals surface area contributed by atoms with E-state index >= 15 is 0 Å². The summed E-state index contributed by atoms with van der Waals surface area (Å²) in [6.45, 7) is 10.1. The lowest BCUT2D eigenvalue weighted by Crippen LogP contribution is -2.51. The molecular formula is C28H36ClN3O3. The summed E-state index contributed by atoms with van der Waals surface area (Å²) in [4.78, 5) is 2.28. The van der Waals surface area contributed by atoms with Crippen molar-refractivity contribution in [1.82, 2.24) is 14.7 Å². The Morgan fingerprint density at radius 3 is 2.74 bits per heavy atom. The Kier molecular flexibility index (Phi) is 8.37. The van der Waals surface area contributed by atoms with Gasteiger partial charge >= 0.3 is 0 Å². The van der Waals surface area contributed by atoms with Gasteiger partial charge < -0.3 is 14.6 Å². The lowest BCUT2D eigenvalue weighted by molar-refractivity contribution is -0.0621. The van der Waals surface area contributed by atoms with Gasteiger partial charge in [-0.05, 0) is 81.6 Å². The summed E-state index contributed by atoms with van der Waals surface area (Å²) >= 11 is 6.26. The number of nitrogens with zero attached hydrogens (tertiary/aromatic N) is 3. The molecule has 6 nitrogen and oxygen atoms in total. The van der Waals surface area contributed by atoms with Crippen molar-refractivity contribution < 1.29 is 14.6 Å². The van der Waals surface area contributed by atoms with Gasteiger partial charge in [0, 0.05) is 31.7 Å². The number of aliphatic hydroxyl groups is 1. The molecule has 2 aromatic carbocycles. The SMILES string of the molecule is Cc1ccc(Cl)c(OCC2(O)CCCN(Cc3cccc(OCCCn4nc(C)cc4C)c3)C2)c1. The van der Waals surface area contributed by atoms with Crippen LogP contribution in [0.25, 0.3) is 0 Å². The van der Waals surface area contributed by atoms with E-state index in [1.54, 1.807) is 0 Å². The van der Waals surface area contributed by atoms with Crippen molar-refractivity contribution in [1.29, 1.82) is 0 Å². The van der Waals surface area contributed by atoms with Gasteiger partial charge in [-0.3, -0.25) is 9.58 Å². The van der Waals surface area contributed by atoms with Gasteiger partial charge in [0.15, 0.2) is 0 Å². The quantitative estimate of drug-likeness (QED) is 0.383. The van der Waals surface area contributed by atoms with Crippen molar-refractivity contribution in [2.45, 2.75) is 58.7 Å². The first-order chi connectivity index (χ1) is 16.8. The lowest BCUT2D eigenvalue weighted by Gasteiger charge is -2.39. The average molecular weight is 498 g/mol. The molecule has 1 aromatic heterocycles. The first-order valence-electron chi connectivity index (χ1n) is 12.4. The molecule has 35 heavy (non-hydrogen) atoms. The van der Waals surface area contributed by atoms with Crippen LogP contribution in [0, 0.1) is 20.8 Å². The van der Waals surface area contributed by atoms with Gasteiger partial charge in [0.2, 0.25) is 0 Å². The molecule has 7 heteroatoms. The number of rotatable bonds is 10. The van der Waals surface area contributed by atoms with Gasteiger partial charge in [-0.25, -0.2) is 0 Å². The third kappa shape index (κ3) is 7.23. The minimum atomic E-state index is -0.900. The molecule has 0 saturated carbocycles. The third-order valence-electron chi connectivity index (χ3n) is 6.41. The summed E-state index contributed by atoms with van der Waals surface area (Å²) in [5, 5.41) is 16.3. The molecule has 0 amide bonds. The number of β-amino-alcohol motifs (C(OH)–C–C–N with tert-alkyl or cyclic N) is 1. The number of hydrogen-bond donors (Lipinski definition) is 1. The number of ether oxygens (including phenoxy) is 2. The Labute approximate surface area is 213 Å². The van der Waals surface area contributed by atoms with Crippen molar-refractivity contribution in [2.75, 3.05) is 26.3 Å². The fourth-order valence-corrected chi connectivity index (χ4v) is 4.86. The summed E-state index contributed by atoms with van der Waals surface area (Å²) in [7, 11) is 0. The van der Waals surface area contributed by atoms with Crippen molar-refractivity contribution in [3.8, 4) is 11.5 Å². The fraction of sp³-hybridized carbons (Fsp3) is 0.464. The standard InChI is InChI=1S/C28H36ClN3O3/c1-21-9-10-26(29)27(15-21)35-20-28(33)11-5-12-31(19-28)18-24-7-4-8-25(17-24)34-14-6-13-32-23(3)16-22(2)30-32/h4,7-10,15-17,33H,5-6,11-14,18-20H2,1-3H3. The molecule has 0 bridgehead atoms. The van der Waals surface area contributed by atoms with Crippen LogP contribution in [-0.2, 0) is 13.1 Å². The maximum absolute atomic E-state index is 11.2. The molecule has 1 unspecified atom stereocenters. The summed E-state index contributed by atoms with van der Waals surface area (Å²) in [5.41, 5.74) is 3.58. The van der Waals surface area contributed by atoms with E-state index in [0.29, 0.717) is 30.3 Å². The summed E-state index contributed by atoms with van der Waals surface area (Å²) < 4.78 is 14.0. The van der Waals surface area contributed by atoms with Crippen LogP contribution >= 0.6 is 11.6 Å². The van der Waals surface area contributed by atoms with Crippen LogP contribution in [0.2, 0.25) is 5.02 Å². The van der Waals surface area contributed by atoms with Crippen molar-refractivity contribution >= 4 is 11.6 Å². The second-order valence-electron chi connectivity index (χ2n) is 9.76. The van der Waals surface area contributed by atoms with Gasteiger partial charge in [-0.2, -0.15) is 5.10 Å².